The van der Waals surface area contributed by atoms with Gasteiger partial charge in [0.1, 0.15) is 17.7 Å². The number of aliphatic hydroxyl groups excluding tert-OH is 1. The van der Waals surface area contributed by atoms with Crippen molar-refractivity contribution in [2.75, 3.05) is 4.90 Å². The smallest absolute Gasteiger partial charge is 0.299 e. The monoisotopic (exact) mass is 473 g/mol. The zero-order valence-corrected chi connectivity index (χ0v) is 18.8. The Morgan fingerprint density at radius 1 is 1.00 bits per heavy atom. The molecule has 2 aliphatic rings. The highest BCUT2D eigenvalue weighted by Crippen LogP contribution is 2.41. The van der Waals surface area contributed by atoms with Gasteiger partial charge >= 0.3 is 0 Å². The molecule has 2 heterocycles. The van der Waals surface area contributed by atoms with Crippen molar-refractivity contribution in [1.29, 1.82) is 0 Å². The van der Waals surface area contributed by atoms with Crippen molar-refractivity contribution >= 4 is 28.8 Å². The third kappa shape index (κ3) is 4.09. The molecule has 9 nitrogen and oxygen atoms in total. The molecule has 0 spiro atoms. The average molecular weight is 473 g/mol. The van der Waals surface area contributed by atoms with Crippen LogP contribution in [-0.4, -0.2) is 32.9 Å². The molecule has 1 unspecified atom stereocenters. The van der Waals surface area contributed by atoms with Crippen LogP contribution in [0, 0.1) is 16.0 Å². The van der Waals surface area contributed by atoms with E-state index in [-0.39, 0.29) is 28.5 Å². The molecule has 9 heteroatoms. The van der Waals surface area contributed by atoms with E-state index in [1.807, 2.05) is 0 Å². The molecule has 1 aliphatic carbocycles. The van der Waals surface area contributed by atoms with Crippen molar-refractivity contribution in [3.8, 4) is 11.3 Å². The minimum absolute atomic E-state index is 0.00423. The van der Waals surface area contributed by atoms with Crippen LogP contribution in [0.2, 0.25) is 0 Å². The number of carbonyl (C=O) groups excluding carboxylic acids is 2. The summed E-state index contributed by atoms with van der Waals surface area (Å²) in [4.78, 5) is 38.5. The van der Waals surface area contributed by atoms with Gasteiger partial charge in [-0.2, -0.15) is 0 Å². The van der Waals surface area contributed by atoms with E-state index in [9.17, 15) is 24.8 Å². The van der Waals surface area contributed by atoms with Crippen LogP contribution in [0.4, 0.5) is 11.4 Å². The van der Waals surface area contributed by atoms with Crippen LogP contribution in [0.3, 0.4) is 0 Å². The number of anilines is 1. The molecule has 1 amide bonds. The highest BCUT2D eigenvalue weighted by molar-refractivity contribution is 6.51. The maximum atomic E-state index is 13.3. The van der Waals surface area contributed by atoms with Crippen LogP contribution in [0.15, 0.2) is 71.0 Å². The van der Waals surface area contributed by atoms with Gasteiger partial charge in [0.05, 0.1) is 16.5 Å². The molecule has 178 valence electrons. The number of nitro benzene ring substituents is 1. The van der Waals surface area contributed by atoms with Crippen molar-refractivity contribution < 1.29 is 24.1 Å². The number of amides is 1. The number of ketones is 1. The summed E-state index contributed by atoms with van der Waals surface area (Å²) in [6.07, 6.45) is 6.18. The van der Waals surface area contributed by atoms with Crippen LogP contribution in [0.1, 0.15) is 37.7 Å². The molecule has 1 aromatic heterocycles. The summed E-state index contributed by atoms with van der Waals surface area (Å²) in [5.74, 6) is -1.75. The first-order valence-electron chi connectivity index (χ1n) is 11.5. The second kappa shape index (κ2) is 9.17. The third-order valence-electron chi connectivity index (χ3n) is 6.81. The quantitative estimate of drug-likeness (QED) is 0.180. The largest absolute Gasteiger partial charge is 0.507 e. The summed E-state index contributed by atoms with van der Waals surface area (Å²) in [5.41, 5.74) is 2.20. The number of aromatic nitrogens is 1. The van der Waals surface area contributed by atoms with Crippen molar-refractivity contribution in [2.24, 2.45) is 5.92 Å². The first kappa shape index (κ1) is 22.5. The van der Waals surface area contributed by atoms with Gasteiger partial charge in [0.15, 0.2) is 0 Å². The predicted octanol–water partition coefficient (Wildman–Crippen LogP) is 5.08. The van der Waals surface area contributed by atoms with Crippen molar-refractivity contribution in [1.82, 2.24) is 5.16 Å². The first-order chi connectivity index (χ1) is 17.0. The lowest BCUT2D eigenvalue weighted by molar-refractivity contribution is -0.384. The number of nitrogens with zero attached hydrogens (tertiary/aromatic N) is 3. The molecular weight excluding hydrogens is 450 g/mol. The Labute approximate surface area is 200 Å². The van der Waals surface area contributed by atoms with Crippen LogP contribution in [0.5, 0.6) is 0 Å². The van der Waals surface area contributed by atoms with Gasteiger partial charge in [-0.05, 0) is 43.0 Å². The molecule has 1 atom stereocenters. The summed E-state index contributed by atoms with van der Waals surface area (Å²) in [6.45, 7) is 0. The number of Topliss-reactive ketones (excluding diaryl/α,β-unsaturated/α-hetero) is 1. The molecule has 5 rings (SSSR count). The first-order valence-corrected chi connectivity index (χ1v) is 11.5. The number of non-ortho nitro benzene ring substituents is 1. The summed E-state index contributed by atoms with van der Waals surface area (Å²) in [7, 11) is 0. The lowest BCUT2D eigenvalue weighted by Crippen LogP contribution is -2.40. The molecule has 1 aliphatic heterocycles. The van der Waals surface area contributed by atoms with Crippen molar-refractivity contribution in [3.05, 3.63) is 82.1 Å². The number of benzene rings is 2. The van der Waals surface area contributed by atoms with Crippen LogP contribution < -0.4 is 4.90 Å². The zero-order chi connectivity index (χ0) is 24.5. The van der Waals surface area contributed by atoms with E-state index in [0.29, 0.717) is 11.4 Å². The topological polar surface area (TPSA) is 127 Å². The fourth-order valence-corrected chi connectivity index (χ4v) is 5.09. The van der Waals surface area contributed by atoms with Crippen LogP contribution >= 0.6 is 0 Å². The van der Waals surface area contributed by atoms with E-state index in [4.69, 9.17) is 4.52 Å². The Bertz CT molecular complexity index is 1290. The molecular formula is C26H23N3O6. The second-order valence-corrected chi connectivity index (χ2v) is 8.85. The molecule has 2 aromatic carbocycles. The molecule has 1 saturated carbocycles. The molecule has 1 saturated heterocycles. The summed E-state index contributed by atoms with van der Waals surface area (Å²) >= 11 is 0. The molecule has 35 heavy (non-hydrogen) atoms. The maximum absolute atomic E-state index is 13.3. The van der Waals surface area contributed by atoms with E-state index < -0.39 is 22.7 Å². The Kier molecular flexibility index (Phi) is 5.90. The van der Waals surface area contributed by atoms with Crippen LogP contribution in [-0.2, 0) is 9.59 Å². The normalized spacial score (nSPS) is 20.3. The summed E-state index contributed by atoms with van der Waals surface area (Å²) in [5, 5.41) is 26.1. The van der Waals surface area contributed by atoms with Crippen molar-refractivity contribution in [2.45, 2.75) is 38.1 Å². The standard InChI is InChI=1S/C26H23N3O6/c30-24(18-8-12-20(13-9-18)29(33)34)22-23(17-4-2-1-3-5-17)28(26(32)25(22)31)19-10-6-16(7-11-19)21-14-15-35-27-21/h6-15,17,23,30H,1-5H2/b24-22-. The lowest BCUT2D eigenvalue weighted by atomic mass is 9.80. The zero-order valence-electron chi connectivity index (χ0n) is 18.8. The Balaban J connectivity index is 1.58. The van der Waals surface area contributed by atoms with Gasteiger partial charge in [-0.1, -0.05) is 36.6 Å². The van der Waals surface area contributed by atoms with Gasteiger partial charge < -0.3 is 9.63 Å². The average Bonchev–Trinajstić information content (AvgIpc) is 3.52. The van der Waals surface area contributed by atoms with Gasteiger partial charge in [0.25, 0.3) is 17.4 Å². The summed E-state index contributed by atoms with van der Waals surface area (Å²) in [6, 6.07) is 13.6. The highest BCUT2D eigenvalue weighted by atomic mass is 16.6. The molecule has 0 radical (unpaired) electrons. The van der Waals surface area contributed by atoms with Gasteiger partial charge in [-0.3, -0.25) is 24.6 Å². The van der Waals surface area contributed by atoms with E-state index >= 15 is 0 Å². The van der Waals surface area contributed by atoms with E-state index in [0.717, 1.165) is 37.7 Å². The molecule has 2 fully saturated rings. The lowest BCUT2D eigenvalue weighted by Gasteiger charge is -2.34. The minimum atomic E-state index is -0.753. The summed E-state index contributed by atoms with van der Waals surface area (Å²) < 4.78 is 4.90. The maximum Gasteiger partial charge on any atom is 0.299 e. The molecule has 1 N–H and O–H groups in total. The van der Waals surface area contributed by atoms with E-state index in [1.54, 1.807) is 30.3 Å². The SMILES string of the molecule is O=C1C(=O)N(c2ccc(-c3ccon3)cc2)C(C2CCCCC2)/C1=C(/O)c1ccc([N+](=O)[O-])cc1. The van der Waals surface area contributed by atoms with E-state index in [1.165, 1.54) is 35.4 Å². The van der Waals surface area contributed by atoms with Gasteiger partial charge in [0, 0.05) is 35.0 Å². The van der Waals surface area contributed by atoms with Crippen LogP contribution in [0.25, 0.3) is 17.0 Å². The number of aliphatic hydroxyl groups is 1. The van der Waals surface area contributed by atoms with Gasteiger partial charge in [-0.25, -0.2) is 0 Å². The molecule has 0 bridgehead atoms. The van der Waals surface area contributed by atoms with Gasteiger partial charge in [-0.15, -0.1) is 0 Å². The fraction of sp³-hybridized carbons (Fsp3) is 0.269. The minimum Gasteiger partial charge on any atom is -0.507 e. The van der Waals surface area contributed by atoms with Crippen molar-refractivity contribution in [3.63, 3.8) is 0 Å². The van der Waals surface area contributed by atoms with E-state index in [2.05, 4.69) is 5.16 Å². The third-order valence-corrected chi connectivity index (χ3v) is 6.81. The number of hydrogen-bond acceptors (Lipinski definition) is 7. The van der Waals surface area contributed by atoms with Gasteiger partial charge in [0.2, 0.25) is 0 Å². The molecule has 3 aromatic rings. The Morgan fingerprint density at radius 2 is 1.69 bits per heavy atom. The Hall–Kier alpha value is -4.27. The highest BCUT2D eigenvalue weighted by Gasteiger charge is 2.49. The second-order valence-electron chi connectivity index (χ2n) is 8.85. The fourth-order valence-electron chi connectivity index (χ4n) is 5.09. The number of carbonyl (C=O) groups is 2. The predicted molar refractivity (Wildman–Crippen MR) is 127 cm³/mol. The Morgan fingerprint density at radius 3 is 2.29 bits per heavy atom. The number of rotatable bonds is 5. The number of hydrogen-bond donors (Lipinski definition) is 1. The number of nitro groups is 1.